The molecule has 0 saturated heterocycles. The van der Waals surface area contributed by atoms with Crippen LogP contribution >= 0.6 is 0 Å². The van der Waals surface area contributed by atoms with Gasteiger partial charge >= 0.3 is 0 Å². The molecule has 0 aromatic heterocycles. The van der Waals surface area contributed by atoms with Crippen LogP contribution in [0, 0.1) is 6.92 Å². The Hall–Kier alpha value is -3.02. The highest BCUT2D eigenvalue weighted by Gasteiger charge is 2.32. The lowest BCUT2D eigenvalue weighted by atomic mass is 10.1. The summed E-state index contributed by atoms with van der Waals surface area (Å²) in [5.41, 5.74) is 1.84. The van der Waals surface area contributed by atoms with Crippen molar-refractivity contribution < 1.29 is 19.4 Å². The zero-order valence-corrected chi connectivity index (χ0v) is 13.4. The molecule has 1 unspecified atom stereocenters. The van der Waals surface area contributed by atoms with E-state index in [9.17, 15) is 14.7 Å². The van der Waals surface area contributed by atoms with Gasteiger partial charge in [-0.25, -0.2) is 0 Å². The number of benzene rings is 2. The summed E-state index contributed by atoms with van der Waals surface area (Å²) in [4.78, 5) is 25.9. The summed E-state index contributed by atoms with van der Waals surface area (Å²) in [6.07, 6.45) is -0.857. The molecule has 0 radical (unpaired) electrons. The van der Waals surface area contributed by atoms with Gasteiger partial charge in [0.25, 0.3) is 5.91 Å². The molecule has 6 heteroatoms. The maximum absolute atomic E-state index is 12.5. The number of ether oxygens (including phenoxy) is 1. The molecule has 0 bridgehead atoms. The molecule has 0 fully saturated rings. The van der Waals surface area contributed by atoms with Crippen LogP contribution in [-0.2, 0) is 9.59 Å². The number of rotatable bonds is 2. The molecule has 0 spiro atoms. The highest BCUT2D eigenvalue weighted by Crippen LogP contribution is 2.33. The Labute approximate surface area is 139 Å². The van der Waals surface area contributed by atoms with E-state index in [2.05, 4.69) is 5.32 Å². The van der Waals surface area contributed by atoms with Crippen molar-refractivity contribution in [3.63, 3.8) is 0 Å². The van der Waals surface area contributed by atoms with Gasteiger partial charge in [-0.2, -0.15) is 0 Å². The third-order valence-corrected chi connectivity index (χ3v) is 3.86. The van der Waals surface area contributed by atoms with Crippen molar-refractivity contribution in [3.8, 4) is 11.5 Å². The van der Waals surface area contributed by atoms with Crippen molar-refractivity contribution >= 4 is 23.2 Å². The van der Waals surface area contributed by atoms with E-state index in [1.54, 1.807) is 36.4 Å². The third-order valence-electron chi connectivity index (χ3n) is 3.86. The van der Waals surface area contributed by atoms with Crippen LogP contribution in [0.1, 0.15) is 12.5 Å². The number of aryl methyl sites for hydroxylation is 1. The molecule has 0 saturated carbocycles. The van der Waals surface area contributed by atoms with Crippen LogP contribution in [0.25, 0.3) is 0 Å². The number of aromatic hydroxyl groups is 1. The number of fused-ring (bicyclic) bond motifs is 1. The highest BCUT2D eigenvalue weighted by molar-refractivity contribution is 6.00. The fourth-order valence-corrected chi connectivity index (χ4v) is 2.63. The molecule has 124 valence electrons. The largest absolute Gasteiger partial charge is 0.506 e. The summed E-state index contributed by atoms with van der Waals surface area (Å²) in [5.74, 6) is -0.119. The third kappa shape index (κ3) is 3.03. The van der Waals surface area contributed by atoms with Gasteiger partial charge < -0.3 is 20.1 Å². The predicted octanol–water partition coefficient (Wildman–Crippen LogP) is 2.45. The number of hydrogen-bond acceptors (Lipinski definition) is 4. The molecule has 1 aliphatic rings. The standard InChI is InChI=1S/C18H18N2O4/c1-11-7-8-13(15(22)9-11)19-18(23)17-10-20(12(2)21)14-5-3-4-6-16(14)24-17/h3-9,17,22H,10H2,1-2H3,(H,19,23). The van der Waals surface area contributed by atoms with Crippen LogP contribution in [0.2, 0.25) is 0 Å². The fourth-order valence-electron chi connectivity index (χ4n) is 2.63. The van der Waals surface area contributed by atoms with Gasteiger partial charge in [0.15, 0.2) is 6.10 Å². The smallest absolute Gasteiger partial charge is 0.267 e. The summed E-state index contributed by atoms with van der Waals surface area (Å²) >= 11 is 0. The molecule has 6 nitrogen and oxygen atoms in total. The highest BCUT2D eigenvalue weighted by atomic mass is 16.5. The molecule has 1 aliphatic heterocycles. The van der Waals surface area contributed by atoms with Gasteiger partial charge in [-0.15, -0.1) is 0 Å². The number of carbonyl (C=O) groups excluding carboxylic acids is 2. The van der Waals surface area contributed by atoms with Crippen molar-refractivity contribution in [1.82, 2.24) is 0 Å². The molecule has 2 aromatic rings. The molecule has 24 heavy (non-hydrogen) atoms. The number of phenols is 1. The molecule has 2 N–H and O–H groups in total. The molecule has 3 rings (SSSR count). The normalized spacial score (nSPS) is 16.1. The lowest BCUT2D eigenvalue weighted by molar-refractivity contribution is -0.123. The number of para-hydroxylation sites is 2. The van der Waals surface area contributed by atoms with E-state index in [1.807, 2.05) is 13.0 Å². The Morgan fingerprint density at radius 2 is 2.00 bits per heavy atom. The van der Waals surface area contributed by atoms with Crippen LogP contribution < -0.4 is 15.0 Å². The van der Waals surface area contributed by atoms with Gasteiger partial charge in [0.05, 0.1) is 17.9 Å². The first kappa shape index (κ1) is 15.9. The quantitative estimate of drug-likeness (QED) is 0.831. The topological polar surface area (TPSA) is 78.9 Å². The van der Waals surface area contributed by atoms with Gasteiger partial charge in [0.2, 0.25) is 5.91 Å². The molecule has 2 aromatic carbocycles. The van der Waals surface area contributed by atoms with Crippen molar-refractivity contribution in [3.05, 3.63) is 48.0 Å². The number of hydrogen-bond donors (Lipinski definition) is 2. The van der Waals surface area contributed by atoms with Gasteiger partial charge in [-0.3, -0.25) is 9.59 Å². The molecule has 0 aliphatic carbocycles. The monoisotopic (exact) mass is 326 g/mol. The molecule has 2 amide bonds. The number of anilines is 2. The SMILES string of the molecule is CC(=O)N1CC(C(=O)Nc2ccc(C)cc2O)Oc2ccccc21. The lowest BCUT2D eigenvalue weighted by Crippen LogP contribution is -2.48. The second-order valence-corrected chi connectivity index (χ2v) is 5.71. The summed E-state index contributed by atoms with van der Waals surface area (Å²) in [7, 11) is 0. The first-order valence-corrected chi connectivity index (χ1v) is 7.60. The van der Waals surface area contributed by atoms with E-state index >= 15 is 0 Å². The molecule has 1 heterocycles. The minimum atomic E-state index is -0.857. The number of amides is 2. The number of nitrogens with one attached hydrogen (secondary N) is 1. The summed E-state index contributed by atoms with van der Waals surface area (Å²) < 4.78 is 5.72. The Kier molecular flexibility index (Phi) is 4.12. The Balaban J connectivity index is 1.82. The van der Waals surface area contributed by atoms with E-state index in [4.69, 9.17) is 4.74 Å². The Bertz CT molecular complexity index is 803. The van der Waals surface area contributed by atoms with E-state index in [1.165, 1.54) is 11.8 Å². The van der Waals surface area contributed by atoms with E-state index in [0.29, 0.717) is 17.1 Å². The number of carbonyl (C=O) groups is 2. The van der Waals surface area contributed by atoms with Crippen molar-refractivity contribution in [2.24, 2.45) is 0 Å². The van der Waals surface area contributed by atoms with Gasteiger partial charge in [-0.05, 0) is 36.8 Å². The average Bonchev–Trinajstić information content (AvgIpc) is 2.56. The maximum atomic E-state index is 12.5. The van der Waals surface area contributed by atoms with Gasteiger partial charge in [0, 0.05) is 6.92 Å². The predicted molar refractivity (Wildman–Crippen MR) is 90.4 cm³/mol. The Morgan fingerprint density at radius 1 is 1.25 bits per heavy atom. The second kappa shape index (κ2) is 6.23. The van der Waals surface area contributed by atoms with Crippen LogP contribution in [0.5, 0.6) is 11.5 Å². The van der Waals surface area contributed by atoms with Gasteiger partial charge in [-0.1, -0.05) is 18.2 Å². The van der Waals surface area contributed by atoms with Crippen LogP contribution in [0.15, 0.2) is 42.5 Å². The van der Waals surface area contributed by atoms with Crippen molar-refractivity contribution in [2.75, 3.05) is 16.8 Å². The number of phenolic OH excluding ortho intramolecular Hbond substituents is 1. The van der Waals surface area contributed by atoms with Crippen LogP contribution in [0.4, 0.5) is 11.4 Å². The molecular formula is C18H18N2O4. The van der Waals surface area contributed by atoms with Crippen LogP contribution in [0.3, 0.4) is 0 Å². The van der Waals surface area contributed by atoms with E-state index in [0.717, 1.165) is 5.56 Å². The molecular weight excluding hydrogens is 308 g/mol. The maximum Gasteiger partial charge on any atom is 0.267 e. The van der Waals surface area contributed by atoms with Crippen LogP contribution in [-0.4, -0.2) is 29.6 Å². The zero-order valence-electron chi connectivity index (χ0n) is 13.4. The van der Waals surface area contributed by atoms with Crippen molar-refractivity contribution in [1.29, 1.82) is 0 Å². The average molecular weight is 326 g/mol. The van der Waals surface area contributed by atoms with E-state index in [-0.39, 0.29) is 18.2 Å². The summed E-state index contributed by atoms with van der Waals surface area (Å²) in [6, 6.07) is 12.1. The van der Waals surface area contributed by atoms with Crippen molar-refractivity contribution in [2.45, 2.75) is 20.0 Å². The first-order valence-electron chi connectivity index (χ1n) is 7.60. The minimum absolute atomic E-state index is 0.0111. The summed E-state index contributed by atoms with van der Waals surface area (Å²) in [5, 5.41) is 12.6. The minimum Gasteiger partial charge on any atom is -0.506 e. The second-order valence-electron chi connectivity index (χ2n) is 5.71. The molecule has 1 atom stereocenters. The zero-order chi connectivity index (χ0) is 17.3. The number of nitrogens with zero attached hydrogens (tertiary/aromatic N) is 1. The Morgan fingerprint density at radius 3 is 2.71 bits per heavy atom. The van der Waals surface area contributed by atoms with Gasteiger partial charge in [0.1, 0.15) is 11.5 Å². The lowest BCUT2D eigenvalue weighted by Gasteiger charge is -2.33. The fraction of sp³-hybridized carbons (Fsp3) is 0.222. The first-order chi connectivity index (χ1) is 11.5. The summed E-state index contributed by atoms with van der Waals surface area (Å²) in [6.45, 7) is 3.41. The van der Waals surface area contributed by atoms with E-state index < -0.39 is 12.0 Å².